The average Bonchev–Trinajstić information content (AvgIpc) is 2.55. The molecule has 1 aromatic heterocycles. The predicted octanol–water partition coefficient (Wildman–Crippen LogP) is 4.46. The van der Waals surface area contributed by atoms with Gasteiger partial charge in [-0.2, -0.15) is 0 Å². The average molecular weight is 358 g/mol. The van der Waals surface area contributed by atoms with Crippen LogP contribution in [0.15, 0.2) is 57.8 Å². The van der Waals surface area contributed by atoms with E-state index in [1.165, 1.54) is 0 Å². The number of nitrogens with zero attached hydrogens (tertiary/aromatic N) is 1. The summed E-state index contributed by atoms with van der Waals surface area (Å²) in [5.41, 5.74) is 2.60. The minimum atomic E-state index is -0.102. The van der Waals surface area contributed by atoms with E-state index in [1.807, 2.05) is 55.5 Å². The summed E-state index contributed by atoms with van der Waals surface area (Å²) in [5.74, 6) is 0.382. The standard InChI is InChI=1S/C18H16BrNO2/c1-3-20-14-11-7-10-13(19)16(14)15(17(22-2)18(20)21)12-8-5-4-6-9-12/h4-11H,3H2,1-2H3. The summed E-state index contributed by atoms with van der Waals surface area (Å²) in [6, 6.07) is 15.8. The third kappa shape index (κ3) is 2.24. The molecule has 4 heteroatoms. The molecule has 0 unspecified atom stereocenters. The van der Waals surface area contributed by atoms with Crippen LogP contribution >= 0.6 is 15.9 Å². The topological polar surface area (TPSA) is 31.2 Å². The molecule has 3 nitrogen and oxygen atoms in total. The Balaban J connectivity index is 2.57. The first-order valence-corrected chi connectivity index (χ1v) is 7.92. The summed E-state index contributed by atoms with van der Waals surface area (Å²) in [4.78, 5) is 12.8. The number of pyridine rings is 1. The number of hydrogen-bond donors (Lipinski definition) is 0. The Bertz CT molecular complexity index is 885. The van der Waals surface area contributed by atoms with Gasteiger partial charge in [-0.15, -0.1) is 0 Å². The highest BCUT2D eigenvalue weighted by Crippen LogP contribution is 2.38. The summed E-state index contributed by atoms with van der Waals surface area (Å²) >= 11 is 3.63. The summed E-state index contributed by atoms with van der Waals surface area (Å²) in [6.07, 6.45) is 0. The van der Waals surface area contributed by atoms with E-state index in [9.17, 15) is 4.79 Å². The number of methoxy groups -OCH3 is 1. The van der Waals surface area contributed by atoms with Crippen molar-refractivity contribution in [2.75, 3.05) is 7.11 Å². The lowest BCUT2D eigenvalue weighted by Crippen LogP contribution is -2.22. The molecular formula is C18H16BrNO2. The molecular weight excluding hydrogens is 342 g/mol. The number of rotatable bonds is 3. The van der Waals surface area contributed by atoms with Gasteiger partial charge in [0.1, 0.15) is 0 Å². The van der Waals surface area contributed by atoms with E-state index in [4.69, 9.17) is 4.74 Å². The molecule has 3 aromatic rings. The van der Waals surface area contributed by atoms with Crippen LogP contribution in [0.2, 0.25) is 0 Å². The van der Waals surface area contributed by atoms with Gasteiger partial charge in [0.2, 0.25) is 0 Å². The Labute approximate surface area is 137 Å². The van der Waals surface area contributed by atoms with Crippen LogP contribution in [-0.2, 0) is 6.54 Å². The van der Waals surface area contributed by atoms with Gasteiger partial charge >= 0.3 is 0 Å². The van der Waals surface area contributed by atoms with Crippen molar-refractivity contribution in [3.63, 3.8) is 0 Å². The first-order valence-electron chi connectivity index (χ1n) is 7.13. The minimum absolute atomic E-state index is 0.102. The quantitative estimate of drug-likeness (QED) is 0.692. The largest absolute Gasteiger partial charge is 0.491 e. The van der Waals surface area contributed by atoms with Crippen LogP contribution in [0, 0.1) is 0 Å². The highest BCUT2D eigenvalue weighted by Gasteiger charge is 2.19. The van der Waals surface area contributed by atoms with E-state index in [0.29, 0.717) is 12.3 Å². The summed E-state index contributed by atoms with van der Waals surface area (Å²) < 4.78 is 8.17. The number of benzene rings is 2. The molecule has 0 radical (unpaired) electrons. The molecule has 0 aliphatic heterocycles. The van der Waals surface area contributed by atoms with Crippen molar-refractivity contribution in [2.24, 2.45) is 0 Å². The van der Waals surface area contributed by atoms with Gasteiger partial charge in [0.25, 0.3) is 5.56 Å². The van der Waals surface area contributed by atoms with Gasteiger partial charge in [0.05, 0.1) is 12.6 Å². The van der Waals surface area contributed by atoms with E-state index < -0.39 is 0 Å². The van der Waals surface area contributed by atoms with Crippen LogP contribution in [0.25, 0.3) is 22.0 Å². The molecule has 0 N–H and O–H groups in total. The number of aryl methyl sites for hydroxylation is 1. The lowest BCUT2D eigenvalue weighted by atomic mass is 10.00. The Kier molecular flexibility index (Phi) is 4.03. The predicted molar refractivity (Wildman–Crippen MR) is 93.6 cm³/mol. The molecule has 3 rings (SSSR count). The first kappa shape index (κ1) is 14.9. The monoisotopic (exact) mass is 357 g/mol. The summed E-state index contributed by atoms with van der Waals surface area (Å²) in [5, 5.41) is 0.993. The Morgan fingerprint density at radius 2 is 1.82 bits per heavy atom. The van der Waals surface area contributed by atoms with E-state index >= 15 is 0 Å². The number of ether oxygens (including phenoxy) is 1. The smallest absolute Gasteiger partial charge is 0.294 e. The highest BCUT2D eigenvalue weighted by atomic mass is 79.9. The Morgan fingerprint density at radius 3 is 2.45 bits per heavy atom. The molecule has 0 fully saturated rings. The van der Waals surface area contributed by atoms with Crippen LogP contribution in [0.5, 0.6) is 5.75 Å². The van der Waals surface area contributed by atoms with Gasteiger partial charge < -0.3 is 9.30 Å². The second kappa shape index (κ2) is 5.97. The number of halogens is 1. The molecule has 0 aliphatic carbocycles. The maximum atomic E-state index is 12.8. The highest BCUT2D eigenvalue weighted by molar-refractivity contribution is 9.10. The van der Waals surface area contributed by atoms with Crippen LogP contribution in [0.3, 0.4) is 0 Å². The van der Waals surface area contributed by atoms with Crippen molar-refractivity contribution in [3.8, 4) is 16.9 Å². The molecule has 0 amide bonds. The van der Waals surface area contributed by atoms with Gasteiger partial charge in [-0.05, 0) is 24.6 Å². The van der Waals surface area contributed by atoms with E-state index in [-0.39, 0.29) is 5.56 Å². The third-order valence-electron chi connectivity index (χ3n) is 3.78. The van der Waals surface area contributed by atoms with Crippen LogP contribution in [-0.4, -0.2) is 11.7 Å². The fourth-order valence-corrected chi connectivity index (χ4v) is 3.38. The molecule has 112 valence electrons. The zero-order chi connectivity index (χ0) is 15.7. The normalized spacial score (nSPS) is 10.9. The summed E-state index contributed by atoms with van der Waals surface area (Å²) in [7, 11) is 1.55. The minimum Gasteiger partial charge on any atom is -0.491 e. The van der Waals surface area contributed by atoms with E-state index in [0.717, 1.165) is 26.5 Å². The maximum Gasteiger partial charge on any atom is 0.294 e. The molecule has 0 spiro atoms. The van der Waals surface area contributed by atoms with Crippen molar-refractivity contribution >= 4 is 26.8 Å². The number of aromatic nitrogens is 1. The lowest BCUT2D eigenvalue weighted by Gasteiger charge is -2.17. The van der Waals surface area contributed by atoms with Crippen molar-refractivity contribution in [3.05, 3.63) is 63.4 Å². The molecule has 0 saturated carbocycles. The number of fused-ring (bicyclic) bond motifs is 1. The van der Waals surface area contributed by atoms with Crippen molar-refractivity contribution < 1.29 is 4.74 Å². The van der Waals surface area contributed by atoms with E-state index in [2.05, 4.69) is 15.9 Å². The van der Waals surface area contributed by atoms with E-state index in [1.54, 1.807) is 11.7 Å². The third-order valence-corrected chi connectivity index (χ3v) is 4.44. The van der Waals surface area contributed by atoms with Crippen molar-refractivity contribution in [1.29, 1.82) is 0 Å². The van der Waals surface area contributed by atoms with Crippen LogP contribution in [0.1, 0.15) is 6.92 Å². The lowest BCUT2D eigenvalue weighted by molar-refractivity contribution is 0.406. The van der Waals surface area contributed by atoms with Gasteiger partial charge in [0, 0.05) is 22.0 Å². The number of hydrogen-bond acceptors (Lipinski definition) is 2. The van der Waals surface area contributed by atoms with Crippen LogP contribution in [0.4, 0.5) is 0 Å². The SMILES string of the molecule is CCn1c(=O)c(OC)c(-c2ccccc2)c2c(Br)cccc21. The molecule has 0 atom stereocenters. The Hall–Kier alpha value is -2.07. The Morgan fingerprint density at radius 1 is 1.09 bits per heavy atom. The summed E-state index contributed by atoms with van der Waals surface area (Å²) in [6.45, 7) is 2.56. The van der Waals surface area contributed by atoms with Gasteiger partial charge in [-0.3, -0.25) is 4.79 Å². The fraction of sp³-hybridized carbons (Fsp3) is 0.167. The fourth-order valence-electron chi connectivity index (χ4n) is 2.82. The van der Waals surface area contributed by atoms with Gasteiger partial charge in [-0.1, -0.05) is 52.3 Å². The van der Waals surface area contributed by atoms with Gasteiger partial charge in [-0.25, -0.2) is 0 Å². The van der Waals surface area contributed by atoms with Crippen molar-refractivity contribution in [1.82, 2.24) is 4.57 Å². The van der Waals surface area contributed by atoms with Crippen LogP contribution < -0.4 is 10.3 Å². The molecule has 0 aliphatic rings. The first-order chi connectivity index (χ1) is 10.7. The van der Waals surface area contributed by atoms with Gasteiger partial charge in [0.15, 0.2) is 5.75 Å². The second-order valence-electron chi connectivity index (χ2n) is 4.96. The zero-order valence-electron chi connectivity index (χ0n) is 12.5. The molecule has 0 saturated heterocycles. The zero-order valence-corrected chi connectivity index (χ0v) is 14.1. The molecule has 1 heterocycles. The molecule has 0 bridgehead atoms. The molecule has 2 aromatic carbocycles. The maximum absolute atomic E-state index is 12.8. The second-order valence-corrected chi connectivity index (χ2v) is 5.81. The molecule has 22 heavy (non-hydrogen) atoms. The van der Waals surface area contributed by atoms with Crippen molar-refractivity contribution in [2.45, 2.75) is 13.5 Å².